The summed E-state index contributed by atoms with van der Waals surface area (Å²) in [7, 11) is -0.838. The molecule has 0 aliphatic heterocycles. The molecule has 1 saturated carbocycles. The number of nitrogens with two attached hydrogens (primary N) is 1. The molecular weight excluding hydrogens is 206 g/mol. The van der Waals surface area contributed by atoms with Gasteiger partial charge >= 0.3 is 0 Å². The summed E-state index contributed by atoms with van der Waals surface area (Å²) in [6.07, 6.45) is 3.77. The van der Waals surface area contributed by atoms with Gasteiger partial charge in [-0.25, -0.2) is 0 Å². The highest BCUT2D eigenvalue weighted by Gasteiger charge is 2.21. The second-order valence-electron chi connectivity index (χ2n) is 4.30. The molecule has 0 saturated heterocycles. The largest absolute Gasteiger partial charge is 0.399 e. The zero-order chi connectivity index (χ0) is 10.8. The van der Waals surface area contributed by atoms with Gasteiger partial charge in [-0.2, -0.15) is 0 Å². The van der Waals surface area contributed by atoms with Crippen LogP contribution in [0.3, 0.4) is 0 Å². The molecule has 3 heteroatoms. The third kappa shape index (κ3) is 2.81. The average molecular weight is 223 g/mol. The molecule has 0 aromatic heterocycles. The third-order valence-electron chi connectivity index (χ3n) is 2.91. The fourth-order valence-electron chi connectivity index (χ4n) is 1.59. The van der Waals surface area contributed by atoms with E-state index in [-0.39, 0.29) is 0 Å². The number of hydrogen-bond donors (Lipinski definition) is 1. The number of rotatable bonds is 4. The lowest BCUT2D eigenvalue weighted by molar-refractivity contribution is 0.676. The number of anilines is 1. The van der Waals surface area contributed by atoms with Gasteiger partial charge in [-0.05, 0) is 43.0 Å². The molecule has 0 bridgehead atoms. The van der Waals surface area contributed by atoms with E-state index < -0.39 is 10.8 Å². The third-order valence-corrected chi connectivity index (χ3v) is 4.30. The van der Waals surface area contributed by atoms with Gasteiger partial charge in [0.05, 0.1) is 10.8 Å². The molecule has 1 unspecified atom stereocenters. The molecule has 1 aliphatic rings. The highest BCUT2D eigenvalue weighted by atomic mass is 32.2. The van der Waals surface area contributed by atoms with Gasteiger partial charge in [0.15, 0.2) is 0 Å². The minimum Gasteiger partial charge on any atom is -0.399 e. The maximum Gasteiger partial charge on any atom is 0.0529 e. The molecule has 1 aliphatic carbocycles. The Morgan fingerprint density at radius 1 is 1.47 bits per heavy atom. The van der Waals surface area contributed by atoms with Crippen molar-refractivity contribution in [2.75, 3.05) is 11.5 Å². The summed E-state index contributed by atoms with van der Waals surface area (Å²) in [6, 6.07) is 5.67. The quantitative estimate of drug-likeness (QED) is 0.797. The zero-order valence-electron chi connectivity index (χ0n) is 9.03. The number of hydrogen-bond acceptors (Lipinski definition) is 2. The van der Waals surface area contributed by atoms with E-state index in [1.165, 1.54) is 12.8 Å². The van der Waals surface area contributed by atoms with Crippen molar-refractivity contribution in [2.45, 2.75) is 31.1 Å². The molecular formula is C12H17NOS. The molecule has 2 nitrogen and oxygen atoms in total. The Balaban J connectivity index is 2.00. The number of benzene rings is 1. The number of aryl methyl sites for hydroxylation is 1. The van der Waals surface area contributed by atoms with Gasteiger partial charge in [0, 0.05) is 16.3 Å². The van der Waals surface area contributed by atoms with Crippen LogP contribution in [-0.2, 0) is 10.8 Å². The van der Waals surface area contributed by atoms with Crippen LogP contribution in [0.5, 0.6) is 0 Å². The van der Waals surface area contributed by atoms with E-state index in [0.29, 0.717) is 0 Å². The van der Waals surface area contributed by atoms with Gasteiger partial charge in [-0.1, -0.05) is 12.8 Å². The highest BCUT2D eigenvalue weighted by Crippen LogP contribution is 2.32. The topological polar surface area (TPSA) is 43.1 Å². The van der Waals surface area contributed by atoms with Crippen LogP contribution in [0.25, 0.3) is 0 Å². The van der Waals surface area contributed by atoms with Crippen LogP contribution in [0.1, 0.15) is 24.8 Å². The van der Waals surface area contributed by atoms with E-state index in [9.17, 15) is 4.21 Å². The summed E-state index contributed by atoms with van der Waals surface area (Å²) < 4.78 is 11.9. The van der Waals surface area contributed by atoms with Crippen LogP contribution in [0.4, 0.5) is 5.69 Å². The maximum atomic E-state index is 11.9. The van der Waals surface area contributed by atoms with Crippen molar-refractivity contribution in [3.63, 3.8) is 0 Å². The fourth-order valence-corrected chi connectivity index (χ4v) is 2.90. The van der Waals surface area contributed by atoms with Gasteiger partial charge in [0.25, 0.3) is 0 Å². The van der Waals surface area contributed by atoms with Crippen molar-refractivity contribution in [1.82, 2.24) is 0 Å². The fraction of sp³-hybridized carbons (Fsp3) is 0.500. The lowest BCUT2D eigenvalue weighted by atomic mass is 10.2. The SMILES string of the molecule is Cc1cc(S(=O)CCC2CC2)ccc1N. The molecule has 0 heterocycles. The molecule has 0 amide bonds. The maximum absolute atomic E-state index is 11.9. The van der Waals surface area contributed by atoms with E-state index in [1.54, 1.807) is 0 Å². The van der Waals surface area contributed by atoms with Crippen LogP contribution >= 0.6 is 0 Å². The van der Waals surface area contributed by atoms with Crippen LogP contribution in [0.2, 0.25) is 0 Å². The molecule has 82 valence electrons. The van der Waals surface area contributed by atoms with Crippen molar-refractivity contribution < 1.29 is 4.21 Å². The normalized spacial score (nSPS) is 17.7. The van der Waals surface area contributed by atoms with Crippen molar-refractivity contribution in [3.05, 3.63) is 23.8 Å². The first-order valence-corrected chi connectivity index (χ1v) is 6.73. The molecule has 1 aromatic carbocycles. The summed E-state index contributed by atoms with van der Waals surface area (Å²) in [5.41, 5.74) is 7.52. The summed E-state index contributed by atoms with van der Waals surface area (Å²) in [5.74, 6) is 1.65. The Hall–Kier alpha value is -0.830. The summed E-state index contributed by atoms with van der Waals surface area (Å²) in [5, 5.41) is 0. The first kappa shape index (κ1) is 10.7. The minimum atomic E-state index is -0.838. The molecule has 1 atom stereocenters. The molecule has 2 N–H and O–H groups in total. The molecule has 1 fully saturated rings. The van der Waals surface area contributed by atoms with Crippen molar-refractivity contribution >= 4 is 16.5 Å². The summed E-state index contributed by atoms with van der Waals surface area (Å²) in [6.45, 7) is 1.96. The Morgan fingerprint density at radius 2 is 2.20 bits per heavy atom. The van der Waals surface area contributed by atoms with E-state index >= 15 is 0 Å². The first-order valence-electron chi connectivity index (χ1n) is 5.41. The minimum absolute atomic E-state index is 0.776. The van der Waals surface area contributed by atoms with Gasteiger partial charge in [-0.15, -0.1) is 0 Å². The van der Waals surface area contributed by atoms with E-state index in [1.807, 2.05) is 25.1 Å². The second-order valence-corrected chi connectivity index (χ2v) is 5.87. The Kier molecular flexibility index (Phi) is 3.10. The van der Waals surface area contributed by atoms with Gasteiger partial charge in [0.1, 0.15) is 0 Å². The lowest BCUT2D eigenvalue weighted by Crippen LogP contribution is -2.00. The monoisotopic (exact) mass is 223 g/mol. The Morgan fingerprint density at radius 3 is 2.80 bits per heavy atom. The van der Waals surface area contributed by atoms with Gasteiger partial charge < -0.3 is 5.73 Å². The number of nitrogen functional groups attached to an aromatic ring is 1. The van der Waals surface area contributed by atoms with Crippen LogP contribution in [-0.4, -0.2) is 9.96 Å². The molecule has 1 aromatic rings. The second kappa shape index (κ2) is 4.35. The van der Waals surface area contributed by atoms with Crippen LogP contribution < -0.4 is 5.73 Å². The lowest BCUT2D eigenvalue weighted by Gasteiger charge is -2.04. The average Bonchev–Trinajstić information content (AvgIpc) is 3.02. The summed E-state index contributed by atoms with van der Waals surface area (Å²) in [4.78, 5) is 0.919. The van der Waals surface area contributed by atoms with Gasteiger partial charge in [-0.3, -0.25) is 4.21 Å². The van der Waals surface area contributed by atoms with Crippen molar-refractivity contribution in [1.29, 1.82) is 0 Å². The highest BCUT2D eigenvalue weighted by molar-refractivity contribution is 7.85. The smallest absolute Gasteiger partial charge is 0.0529 e. The van der Waals surface area contributed by atoms with Crippen molar-refractivity contribution in [3.8, 4) is 0 Å². The molecule has 0 radical (unpaired) electrons. The van der Waals surface area contributed by atoms with Crippen LogP contribution in [0.15, 0.2) is 23.1 Å². The Labute approximate surface area is 93.3 Å². The predicted molar refractivity (Wildman–Crippen MR) is 64.2 cm³/mol. The van der Waals surface area contributed by atoms with Crippen LogP contribution in [0, 0.1) is 12.8 Å². The zero-order valence-corrected chi connectivity index (χ0v) is 9.85. The van der Waals surface area contributed by atoms with Crippen molar-refractivity contribution in [2.24, 2.45) is 5.92 Å². The predicted octanol–water partition coefficient (Wildman–Crippen LogP) is 2.48. The van der Waals surface area contributed by atoms with E-state index in [4.69, 9.17) is 5.73 Å². The summed E-state index contributed by atoms with van der Waals surface area (Å²) >= 11 is 0. The first-order chi connectivity index (χ1) is 7.16. The van der Waals surface area contributed by atoms with Gasteiger partial charge in [0.2, 0.25) is 0 Å². The molecule has 2 rings (SSSR count). The molecule has 15 heavy (non-hydrogen) atoms. The van der Waals surface area contributed by atoms with E-state index in [2.05, 4.69) is 0 Å². The standard InChI is InChI=1S/C12H17NOS/c1-9-8-11(4-5-12(9)13)15(14)7-6-10-2-3-10/h4-5,8,10H,2-3,6-7,13H2,1H3. The van der Waals surface area contributed by atoms with E-state index in [0.717, 1.165) is 34.2 Å². The Bertz CT molecular complexity index is 385. The molecule has 0 spiro atoms.